The monoisotopic (exact) mass is 534 g/mol. The number of aliphatic hydroxyl groups excluding tert-OH is 1. The van der Waals surface area contributed by atoms with Gasteiger partial charge >= 0.3 is 0 Å². The summed E-state index contributed by atoms with van der Waals surface area (Å²) in [4.78, 5) is 17.6. The van der Waals surface area contributed by atoms with Crippen LogP contribution >= 0.6 is 11.6 Å². The predicted molar refractivity (Wildman–Crippen MR) is 152 cm³/mol. The fourth-order valence-corrected chi connectivity index (χ4v) is 4.27. The molecule has 0 fully saturated rings. The lowest BCUT2D eigenvalue weighted by atomic mass is 9.96. The number of aliphatic hydroxyl groups is 1. The number of nitrogens with zero attached hydrogens (tertiary/aromatic N) is 2. The first-order valence-electron chi connectivity index (χ1n) is 11.9. The van der Waals surface area contributed by atoms with Crippen molar-refractivity contribution < 1.29 is 24.6 Å². The fourth-order valence-electron chi connectivity index (χ4n) is 4.04. The molecule has 0 saturated heterocycles. The first-order valence-corrected chi connectivity index (χ1v) is 12.3. The number of fused-ring (bicyclic) bond motifs is 1. The van der Waals surface area contributed by atoms with E-state index in [1.165, 1.54) is 12.3 Å². The van der Waals surface area contributed by atoms with Gasteiger partial charge in [0.15, 0.2) is 0 Å². The van der Waals surface area contributed by atoms with Gasteiger partial charge in [-0.25, -0.2) is 0 Å². The number of hydroxylamine groups is 1. The standard InChI is InChI=1S/C28H25ClN2O4.C2H6O/c1-17-11-18(2)28-23(12-17)27(22-7-5-6-8-24(22)29)25(16-30-28)31(33)26(32)10-9-19-13-20(34-3)15-21(14-19)35-4;1-2-3/h5-16,33H,1-4H3;3H,2H2,1H3/b10-9+;. The van der Waals surface area contributed by atoms with Crippen molar-refractivity contribution in [2.45, 2.75) is 20.8 Å². The van der Waals surface area contributed by atoms with Gasteiger partial charge in [-0.05, 0) is 62.2 Å². The molecule has 0 saturated carbocycles. The minimum atomic E-state index is -0.648. The van der Waals surface area contributed by atoms with E-state index >= 15 is 0 Å². The van der Waals surface area contributed by atoms with Gasteiger partial charge in [-0.15, -0.1) is 0 Å². The Morgan fingerprint density at radius 1 is 1.05 bits per heavy atom. The number of carbonyl (C=O) groups is 1. The maximum absolute atomic E-state index is 13.0. The summed E-state index contributed by atoms with van der Waals surface area (Å²) in [5.74, 6) is 0.524. The maximum atomic E-state index is 13.0. The molecule has 7 nitrogen and oxygen atoms in total. The van der Waals surface area contributed by atoms with E-state index in [0.717, 1.165) is 22.0 Å². The number of hydrogen-bond acceptors (Lipinski definition) is 6. The lowest BCUT2D eigenvalue weighted by molar-refractivity contribution is -0.118. The van der Waals surface area contributed by atoms with Gasteiger partial charge in [-0.2, -0.15) is 5.06 Å². The van der Waals surface area contributed by atoms with E-state index in [-0.39, 0.29) is 12.3 Å². The molecular formula is C30H31ClN2O5. The highest BCUT2D eigenvalue weighted by molar-refractivity contribution is 6.34. The zero-order chi connectivity index (χ0) is 27.8. The van der Waals surface area contributed by atoms with Gasteiger partial charge in [0, 0.05) is 40.3 Å². The highest BCUT2D eigenvalue weighted by Crippen LogP contribution is 2.40. The van der Waals surface area contributed by atoms with E-state index in [1.807, 2.05) is 44.2 Å². The molecule has 1 amide bonds. The van der Waals surface area contributed by atoms with Crippen LogP contribution < -0.4 is 14.5 Å². The zero-order valence-corrected chi connectivity index (χ0v) is 22.8. The number of amides is 1. The van der Waals surface area contributed by atoms with Crippen LogP contribution in [0.4, 0.5) is 5.69 Å². The topological polar surface area (TPSA) is 92.1 Å². The van der Waals surface area contributed by atoms with E-state index in [0.29, 0.717) is 38.3 Å². The van der Waals surface area contributed by atoms with Gasteiger partial charge in [-0.3, -0.25) is 15.0 Å². The second-order valence-electron chi connectivity index (χ2n) is 8.42. The Balaban J connectivity index is 0.00000127. The molecule has 0 spiro atoms. The first kappa shape index (κ1) is 28.7. The van der Waals surface area contributed by atoms with Gasteiger partial charge in [0.25, 0.3) is 5.91 Å². The summed E-state index contributed by atoms with van der Waals surface area (Å²) >= 11 is 6.55. The van der Waals surface area contributed by atoms with Crippen molar-refractivity contribution in [3.05, 3.63) is 88.6 Å². The van der Waals surface area contributed by atoms with Crippen LogP contribution in [0.15, 0.2) is 66.9 Å². The Hall–Kier alpha value is -3.91. The Morgan fingerprint density at radius 3 is 2.29 bits per heavy atom. The number of hydrogen-bond donors (Lipinski definition) is 2. The number of aromatic nitrogens is 1. The molecule has 0 aliphatic rings. The van der Waals surface area contributed by atoms with E-state index in [9.17, 15) is 10.0 Å². The summed E-state index contributed by atoms with van der Waals surface area (Å²) < 4.78 is 10.6. The predicted octanol–water partition coefficient (Wildman–Crippen LogP) is 6.62. The number of halogens is 1. The second-order valence-corrected chi connectivity index (χ2v) is 8.83. The number of carbonyl (C=O) groups excluding carboxylic acids is 1. The van der Waals surface area contributed by atoms with Crippen LogP contribution in [0.2, 0.25) is 5.02 Å². The SMILES string of the molecule is CCO.COc1cc(/C=C/C(=O)N(O)c2cnc3c(C)cc(C)cc3c2-c2ccccc2Cl)cc(OC)c1. The molecule has 8 heteroatoms. The number of methoxy groups -OCH3 is 2. The molecular weight excluding hydrogens is 504 g/mol. The highest BCUT2D eigenvalue weighted by Gasteiger charge is 2.21. The molecule has 0 aliphatic carbocycles. The number of rotatable bonds is 6. The van der Waals surface area contributed by atoms with Crippen LogP contribution in [-0.4, -0.2) is 42.0 Å². The Labute approximate surface area is 227 Å². The maximum Gasteiger partial charge on any atom is 0.274 e. The van der Waals surface area contributed by atoms with Crippen LogP contribution in [0, 0.1) is 13.8 Å². The third kappa shape index (κ3) is 6.50. The van der Waals surface area contributed by atoms with Gasteiger partial charge in [0.2, 0.25) is 0 Å². The summed E-state index contributed by atoms with van der Waals surface area (Å²) in [6, 6.07) is 16.6. The molecule has 1 aromatic heterocycles. The molecule has 38 heavy (non-hydrogen) atoms. The molecule has 4 rings (SSSR count). The fraction of sp³-hybridized carbons (Fsp3) is 0.200. The van der Waals surface area contributed by atoms with E-state index in [4.69, 9.17) is 26.2 Å². The molecule has 4 aromatic rings. The third-order valence-corrected chi connectivity index (χ3v) is 5.99. The molecule has 198 valence electrons. The number of anilines is 1. The van der Waals surface area contributed by atoms with Crippen molar-refractivity contribution >= 4 is 40.2 Å². The molecule has 0 unspecified atom stereocenters. The minimum absolute atomic E-state index is 0.230. The van der Waals surface area contributed by atoms with Crippen LogP contribution in [0.3, 0.4) is 0 Å². The van der Waals surface area contributed by atoms with Gasteiger partial charge in [-0.1, -0.05) is 41.4 Å². The molecule has 1 heterocycles. The molecule has 0 bridgehead atoms. The lowest BCUT2D eigenvalue weighted by Crippen LogP contribution is -2.25. The van der Waals surface area contributed by atoms with Crippen molar-refractivity contribution in [1.82, 2.24) is 4.98 Å². The smallest absolute Gasteiger partial charge is 0.274 e. The summed E-state index contributed by atoms with van der Waals surface area (Å²) in [6.45, 7) is 5.90. The van der Waals surface area contributed by atoms with Crippen molar-refractivity contribution in [3.8, 4) is 22.6 Å². The summed E-state index contributed by atoms with van der Waals surface area (Å²) in [5, 5.41) is 20.5. The van der Waals surface area contributed by atoms with Crippen LogP contribution in [0.25, 0.3) is 28.1 Å². The lowest BCUT2D eigenvalue weighted by Gasteiger charge is -2.20. The largest absolute Gasteiger partial charge is 0.497 e. The zero-order valence-electron chi connectivity index (χ0n) is 22.0. The molecule has 0 radical (unpaired) electrons. The van der Waals surface area contributed by atoms with Crippen LogP contribution in [0.5, 0.6) is 11.5 Å². The second kappa shape index (κ2) is 13.1. The minimum Gasteiger partial charge on any atom is -0.497 e. The Morgan fingerprint density at radius 2 is 1.68 bits per heavy atom. The van der Waals surface area contributed by atoms with Gasteiger partial charge in [0.1, 0.15) is 11.5 Å². The van der Waals surface area contributed by atoms with Crippen molar-refractivity contribution in [3.63, 3.8) is 0 Å². The summed E-state index contributed by atoms with van der Waals surface area (Å²) in [7, 11) is 3.10. The Kier molecular flexibility index (Phi) is 9.85. The van der Waals surface area contributed by atoms with E-state index in [2.05, 4.69) is 4.98 Å². The molecule has 2 N–H and O–H groups in total. The van der Waals surface area contributed by atoms with Crippen LogP contribution in [-0.2, 0) is 4.79 Å². The number of ether oxygens (including phenoxy) is 2. The molecule has 0 atom stereocenters. The Bertz CT molecular complexity index is 1450. The number of pyridine rings is 1. The van der Waals surface area contributed by atoms with Crippen LogP contribution in [0.1, 0.15) is 23.6 Å². The first-order chi connectivity index (χ1) is 18.2. The quantitative estimate of drug-likeness (QED) is 0.164. The normalized spacial score (nSPS) is 10.7. The van der Waals surface area contributed by atoms with Crippen molar-refractivity contribution in [2.24, 2.45) is 0 Å². The van der Waals surface area contributed by atoms with Gasteiger partial charge in [0.05, 0.1) is 31.6 Å². The highest BCUT2D eigenvalue weighted by atomic mass is 35.5. The summed E-state index contributed by atoms with van der Waals surface area (Å²) in [5.41, 5.74) is 5.02. The van der Waals surface area contributed by atoms with Crippen molar-refractivity contribution in [2.75, 3.05) is 25.9 Å². The molecule has 0 aliphatic heterocycles. The third-order valence-electron chi connectivity index (χ3n) is 5.66. The number of aryl methyl sites for hydroxylation is 2. The average molecular weight is 535 g/mol. The summed E-state index contributed by atoms with van der Waals surface area (Å²) in [6.07, 6.45) is 4.34. The van der Waals surface area contributed by atoms with Crippen molar-refractivity contribution in [1.29, 1.82) is 0 Å². The van der Waals surface area contributed by atoms with E-state index < -0.39 is 5.91 Å². The number of benzene rings is 3. The molecule has 3 aromatic carbocycles. The average Bonchev–Trinajstić information content (AvgIpc) is 2.91. The van der Waals surface area contributed by atoms with Gasteiger partial charge < -0.3 is 14.6 Å². The van der Waals surface area contributed by atoms with E-state index in [1.54, 1.807) is 51.5 Å².